The molecule has 34 heavy (non-hydrogen) atoms. The fourth-order valence-electron chi connectivity index (χ4n) is 6.11. The van der Waals surface area contributed by atoms with Gasteiger partial charge in [-0.05, 0) is 68.4 Å². The van der Waals surface area contributed by atoms with E-state index in [9.17, 15) is 10.1 Å². The summed E-state index contributed by atoms with van der Waals surface area (Å²) in [6.07, 6.45) is 8.28. The number of para-hydroxylation sites is 1. The molecule has 2 bridgehead atoms. The first-order valence-corrected chi connectivity index (χ1v) is 12.6. The Bertz CT molecular complexity index is 1210. The van der Waals surface area contributed by atoms with E-state index < -0.39 is 0 Å². The smallest absolute Gasteiger partial charge is 0.163 e. The van der Waals surface area contributed by atoms with E-state index in [4.69, 9.17) is 16.3 Å². The van der Waals surface area contributed by atoms with Crippen molar-refractivity contribution in [1.82, 2.24) is 9.47 Å². The zero-order valence-corrected chi connectivity index (χ0v) is 20.3. The molecular weight excluding hydrogens is 446 g/mol. The van der Waals surface area contributed by atoms with Gasteiger partial charge < -0.3 is 9.30 Å². The number of carbonyl (C=O) groups is 1. The molecule has 0 saturated carbocycles. The largest absolute Gasteiger partial charge is 0.495 e. The third-order valence-electron chi connectivity index (χ3n) is 7.64. The first-order chi connectivity index (χ1) is 16.6. The lowest BCUT2D eigenvalue weighted by Gasteiger charge is -2.39. The van der Waals surface area contributed by atoms with Crippen LogP contribution in [0.15, 0.2) is 48.7 Å². The molecule has 2 fully saturated rings. The molecule has 3 heterocycles. The molecule has 0 radical (unpaired) electrons. The number of fused-ring (bicyclic) bond motifs is 3. The highest BCUT2D eigenvalue weighted by molar-refractivity contribution is 6.30. The molecule has 2 unspecified atom stereocenters. The van der Waals surface area contributed by atoms with Crippen LogP contribution in [0.4, 0.5) is 0 Å². The summed E-state index contributed by atoms with van der Waals surface area (Å²) >= 11 is 5.97. The second kappa shape index (κ2) is 9.82. The number of halogens is 1. The van der Waals surface area contributed by atoms with Crippen LogP contribution in [0.2, 0.25) is 5.02 Å². The Morgan fingerprint density at radius 3 is 2.53 bits per heavy atom. The Kier molecular flexibility index (Phi) is 6.63. The van der Waals surface area contributed by atoms with Crippen LogP contribution in [0, 0.1) is 17.2 Å². The van der Waals surface area contributed by atoms with Crippen LogP contribution in [0.25, 0.3) is 10.9 Å². The molecule has 176 valence electrons. The van der Waals surface area contributed by atoms with Gasteiger partial charge in [-0.1, -0.05) is 23.7 Å². The molecule has 5 nitrogen and oxygen atoms in total. The van der Waals surface area contributed by atoms with E-state index >= 15 is 0 Å². The van der Waals surface area contributed by atoms with Gasteiger partial charge in [0, 0.05) is 53.8 Å². The van der Waals surface area contributed by atoms with Gasteiger partial charge in [-0.15, -0.1) is 0 Å². The molecular formula is C28H30ClN3O2. The van der Waals surface area contributed by atoms with Crippen LogP contribution >= 0.6 is 11.6 Å². The lowest BCUT2D eigenvalue weighted by Crippen LogP contribution is -2.43. The zero-order valence-electron chi connectivity index (χ0n) is 19.5. The zero-order chi connectivity index (χ0) is 23.7. The predicted molar refractivity (Wildman–Crippen MR) is 134 cm³/mol. The highest BCUT2D eigenvalue weighted by Gasteiger charge is 2.40. The first-order valence-electron chi connectivity index (χ1n) is 12.2. The summed E-state index contributed by atoms with van der Waals surface area (Å²) in [6, 6.07) is 16.6. The lowest BCUT2D eigenvalue weighted by atomic mass is 9.85. The number of hydrogen-bond acceptors (Lipinski definition) is 4. The van der Waals surface area contributed by atoms with Crippen LogP contribution in [0.5, 0.6) is 5.75 Å². The van der Waals surface area contributed by atoms with E-state index in [0.717, 1.165) is 54.6 Å². The number of rotatable bonds is 8. The number of nitriles is 1. The number of nitrogens with zero attached hydrogens (tertiary/aromatic N) is 3. The van der Waals surface area contributed by atoms with Gasteiger partial charge in [-0.2, -0.15) is 5.26 Å². The van der Waals surface area contributed by atoms with Gasteiger partial charge in [0.05, 0.1) is 18.2 Å². The second-order valence-electron chi connectivity index (χ2n) is 9.65. The molecule has 6 heteroatoms. The Morgan fingerprint density at radius 2 is 1.85 bits per heavy atom. The average Bonchev–Trinajstić information content (AvgIpc) is 3.32. The summed E-state index contributed by atoms with van der Waals surface area (Å²) in [5.41, 5.74) is 2.47. The number of aromatic nitrogens is 1. The van der Waals surface area contributed by atoms with Gasteiger partial charge in [0.15, 0.2) is 5.78 Å². The Morgan fingerprint density at radius 1 is 1.12 bits per heavy atom. The molecule has 3 aromatic rings. The van der Waals surface area contributed by atoms with Crippen molar-refractivity contribution in [3.63, 3.8) is 0 Å². The fraction of sp³-hybridized carbons (Fsp3) is 0.429. The van der Waals surface area contributed by atoms with Crippen molar-refractivity contribution < 1.29 is 9.53 Å². The summed E-state index contributed by atoms with van der Waals surface area (Å²) in [6.45, 7) is 1.90. The monoisotopic (exact) mass is 475 g/mol. The highest BCUT2D eigenvalue weighted by atomic mass is 35.5. The topological polar surface area (TPSA) is 58.3 Å². The number of benzene rings is 2. The molecule has 0 amide bonds. The van der Waals surface area contributed by atoms with Crippen molar-refractivity contribution in [2.75, 3.05) is 13.7 Å². The van der Waals surface area contributed by atoms with Crippen LogP contribution < -0.4 is 4.74 Å². The SMILES string of the molecule is COc1cccc2c(C#N)cn(CCCN3C4CCC3CC(CC(=O)c3ccc(Cl)cc3)C4)c12. The van der Waals surface area contributed by atoms with Gasteiger partial charge in [0.25, 0.3) is 0 Å². The van der Waals surface area contributed by atoms with Crippen molar-refractivity contribution >= 4 is 28.3 Å². The van der Waals surface area contributed by atoms with E-state index in [0.29, 0.717) is 35.0 Å². The number of methoxy groups -OCH3 is 1. The minimum absolute atomic E-state index is 0.233. The summed E-state index contributed by atoms with van der Waals surface area (Å²) in [5.74, 6) is 1.51. The summed E-state index contributed by atoms with van der Waals surface area (Å²) in [7, 11) is 1.68. The van der Waals surface area contributed by atoms with Gasteiger partial charge in [0.2, 0.25) is 0 Å². The summed E-state index contributed by atoms with van der Waals surface area (Å²) in [5, 5.41) is 11.2. The Labute approximate surface area is 205 Å². The minimum atomic E-state index is 0.233. The number of Topliss-reactive ketones (excluding diaryl/α,β-unsaturated/α-hetero) is 1. The van der Waals surface area contributed by atoms with Crippen molar-refractivity contribution in [2.24, 2.45) is 5.92 Å². The summed E-state index contributed by atoms with van der Waals surface area (Å²) < 4.78 is 7.75. The molecule has 2 aliphatic heterocycles. The van der Waals surface area contributed by atoms with Crippen LogP contribution in [0.1, 0.15) is 54.4 Å². The van der Waals surface area contributed by atoms with Gasteiger partial charge in [0.1, 0.15) is 11.8 Å². The molecule has 2 aromatic carbocycles. The summed E-state index contributed by atoms with van der Waals surface area (Å²) in [4.78, 5) is 15.4. The number of ether oxygens (including phenoxy) is 1. The molecule has 0 aliphatic carbocycles. The standard InChI is InChI=1S/C28H30ClN3O2/c1-34-27-5-2-4-25-21(17-30)18-31(28(25)27)12-3-13-32-23-10-11-24(32)15-19(14-23)16-26(33)20-6-8-22(29)9-7-20/h2,4-9,18-19,23-24H,3,10-16H2,1H3. The maximum atomic E-state index is 12.8. The van der Waals surface area contributed by atoms with Gasteiger partial charge in [-0.3, -0.25) is 9.69 Å². The van der Waals surface area contributed by atoms with Crippen molar-refractivity contribution in [1.29, 1.82) is 5.26 Å². The lowest BCUT2D eigenvalue weighted by molar-refractivity contribution is 0.0807. The van der Waals surface area contributed by atoms with Crippen molar-refractivity contribution in [2.45, 2.75) is 57.2 Å². The number of hydrogen-bond donors (Lipinski definition) is 0. The van der Waals surface area contributed by atoms with Crippen LogP contribution in [-0.2, 0) is 6.54 Å². The molecule has 1 aromatic heterocycles. The number of piperidine rings is 1. The Hall–Kier alpha value is -2.81. The molecule has 5 rings (SSSR count). The normalized spacial score (nSPS) is 22.1. The van der Waals surface area contributed by atoms with Crippen molar-refractivity contribution in [3.8, 4) is 11.8 Å². The number of ketones is 1. The quantitative estimate of drug-likeness (QED) is 0.370. The molecule has 0 N–H and O–H groups in total. The first kappa shape index (κ1) is 23.0. The minimum Gasteiger partial charge on any atom is -0.495 e. The van der Waals surface area contributed by atoms with Crippen LogP contribution in [-0.4, -0.2) is 41.0 Å². The average molecular weight is 476 g/mol. The van der Waals surface area contributed by atoms with E-state index in [-0.39, 0.29) is 5.78 Å². The van der Waals surface area contributed by atoms with Gasteiger partial charge in [-0.25, -0.2) is 0 Å². The van der Waals surface area contributed by atoms with E-state index in [1.165, 1.54) is 12.8 Å². The maximum absolute atomic E-state index is 12.8. The second-order valence-corrected chi connectivity index (χ2v) is 10.1. The van der Waals surface area contributed by atoms with Crippen molar-refractivity contribution in [3.05, 3.63) is 64.8 Å². The van der Waals surface area contributed by atoms with Gasteiger partial charge >= 0.3 is 0 Å². The Balaban J connectivity index is 1.20. The van der Waals surface area contributed by atoms with E-state index in [1.54, 1.807) is 19.2 Å². The number of carbonyl (C=O) groups excluding carboxylic acids is 1. The highest BCUT2D eigenvalue weighted by Crippen LogP contribution is 2.40. The fourth-order valence-corrected chi connectivity index (χ4v) is 6.24. The molecule has 0 spiro atoms. The third-order valence-corrected chi connectivity index (χ3v) is 7.89. The third kappa shape index (κ3) is 4.45. The van der Waals surface area contributed by atoms with Crippen LogP contribution in [0.3, 0.4) is 0 Å². The molecule has 2 atom stereocenters. The number of aryl methyl sites for hydroxylation is 1. The maximum Gasteiger partial charge on any atom is 0.163 e. The predicted octanol–water partition coefficient (Wildman–Crippen LogP) is 6.08. The van der Waals surface area contributed by atoms with E-state index in [2.05, 4.69) is 15.5 Å². The molecule has 2 aliphatic rings. The van der Waals surface area contributed by atoms with E-state index in [1.807, 2.05) is 36.5 Å². The molecule has 2 saturated heterocycles.